The summed E-state index contributed by atoms with van der Waals surface area (Å²) in [5.41, 5.74) is -2.26. The molecule has 0 aromatic rings. The summed E-state index contributed by atoms with van der Waals surface area (Å²) in [6, 6.07) is 0. The third-order valence-corrected chi connectivity index (χ3v) is 9.88. The van der Waals surface area contributed by atoms with Crippen LogP contribution in [0.15, 0.2) is 0 Å². The number of rotatable bonds is 5. The molecule has 10 nitrogen and oxygen atoms in total. The van der Waals surface area contributed by atoms with Gasteiger partial charge in [0.1, 0.15) is 24.4 Å². The Kier molecular flexibility index (Phi) is 6.42. The van der Waals surface area contributed by atoms with Gasteiger partial charge in [-0.1, -0.05) is 13.8 Å². The average Bonchev–Trinajstić information content (AvgIpc) is 3.36. The predicted molar refractivity (Wildman–Crippen MR) is 122 cm³/mol. The number of carbonyl (C=O) groups is 3. The van der Waals surface area contributed by atoms with Gasteiger partial charge in [0.25, 0.3) is 0 Å². The third-order valence-electron chi connectivity index (χ3n) is 9.88. The molecule has 0 aromatic heterocycles. The fourth-order valence-corrected chi connectivity index (χ4v) is 8.15. The van der Waals surface area contributed by atoms with E-state index in [-0.39, 0.29) is 30.5 Å². The van der Waals surface area contributed by atoms with E-state index in [1.807, 2.05) is 0 Å². The Morgan fingerprint density at radius 2 is 1.61 bits per heavy atom. The molecule has 0 radical (unpaired) electrons. The van der Waals surface area contributed by atoms with E-state index in [4.69, 9.17) is 28.4 Å². The van der Waals surface area contributed by atoms with Gasteiger partial charge in [-0.05, 0) is 37.5 Å². The lowest BCUT2D eigenvalue weighted by molar-refractivity contribution is -0.275. The molecule has 0 bridgehead atoms. The second kappa shape index (κ2) is 8.92. The number of epoxide rings is 1. The molecule has 5 fully saturated rings. The second-order valence-corrected chi connectivity index (χ2v) is 11.6. The summed E-state index contributed by atoms with van der Waals surface area (Å²) in [6.45, 7) is 8.77. The van der Waals surface area contributed by atoms with Gasteiger partial charge in [0.05, 0.1) is 18.1 Å². The highest BCUT2D eigenvalue weighted by Crippen LogP contribution is 2.70. The minimum Gasteiger partial charge on any atom is -0.465 e. The molecule has 1 N–H and O–H groups in total. The first-order chi connectivity index (χ1) is 16.9. The van der Waals surface area contributed by atoms with Gasteiger partial charge in [0, 0.05) is 38.5 Å². The Bertz CT molecular complexity index is 902. The maximum absolute atomic E-state index is 12.3. The smallest absolute Gasteiger partial charge is 0.303 e. The summed E-state index contributed by atoms with van der Waals surface area (Å²) in [4.78, 5) is 36.5. The van der Waals surface area contributed by atoms with Gasteiger partial charge in [-0.25, -0.2) is 0 Å². The first-order valence-corrected chi connectivity index (χ1v) is 13.0. The van der Waals surface area contributed by atoms with Gasteiger partial charge in [-0.2, -0.15) is 0 Å². The molecule has 5 rings (SSSR count). The predicted octanol–water partition coefficient (Wildman–Crippen LogP) is 2.09. The lowest BCUT2D eigenvalue weighted by Gasteiger charge is -2.64. The van der Waals surface area contributed by atoms with Crippen molar-refractivity contribution in [1.29, 1.82) is 0 Å². The summed E-state index contributed by atoms with van der Waals surface area (Å²) < 4.78 is 35.8. The Morgan fingerprint density at radius 1 is 0.944 bits per heavy atom. The van der Waals surface area contributed by atoms with E-state index in [1.165, 1.54) is 20.8 Å². The van der Waals surface area contributed by atoms with Crippen molar-refractivity contribution < 1.29 is 47.9 Å². The summed E-state index contributed by atoms with van der Waals surface area (Å²) in [7, 11) is 0. The Balaban J connectivity index is 1.59. The van der Waals surface area contributed by atoms with Crippen LogP contribution in [0.5, 0.6) is 0 Å². The number of hydrogen-bond acceptors (Lipinski definition) is 10. The van der Waals surface area contributed by atoms with Crippen molar-refractivity contribution in [2.45, 2.75) is 103 Å². The first-order valence-electron chi connectivity index (χ1n) is 13.0. The Morgan fingerprint density at radius 3 is 2.19 bits per heavy atom. The zero-order valence-corrected chi connectivity index (χ0v) is 21.7. The van der Waals surface area contributed by atoms with E-state index >= 15 is 0 Å². The van der Waals surface area contributed by atoms with E-state index in [2.05, 4.69) is 13.8 Å². The van der Waals surface area contributed by atoms with Gasteiger partial charge in [0.15, 0.2) is 12.6 Å². The Labute approximate surface area is 211 Å². The molecular weight excluding hydrogens is 472 g/mol. The van der Waals surface area contributed by atoms with Crippen molar-refractivity contribution in [3.8, 4) is 0 Å². The van der Waals surface area contributed by atoms with E-state index in [0.29, 0.717) is 32.3 Å². The van der Waals surface area contributed by atoms with Crippen molar-refractivity contribution in [3.63, 3.8) is 0 Å². The highest BCUT2D eigenvalue weighted by molar-refractivity contribution is 5.67. The molecule has 2 saturated carbocycles. The number of ether oxygens (including phenoxy) is 6. The van der Waals surface area contributed by atoms with Gasteiger partial charge >= 0.3 is 17.9 Å². The minimum atomic E-state index is -0.931. The topological polar surface area (TPSA) is 130 Å². The molecule has 5 aliphatic rings. The molecular formula is C26H38O10. The molecule has 2 aliphatic carbocycles. The quantitative estimate of drug-likeness (QED) is 0.333. The van der Waals surface area contributed by atoms with Crippen LogP contribution in [0.2, 0.25) is 0 Å². The number of fused-ring (bicyclic) bond motifs is 3. The lowest BCUT2D eigenvalue weighted by Crippen LogP contribution is -2.72. The minimum absolute atomic E-state index is 0.0141. The van der Waals surface area contributed by atoms with Crippen LogP contribution >= 0.6 is 0 Å². The van der Waals surface area contributed by atoms with Crippen molar-refractivity contribution in [2.24, 2.45) is 28.6 Å². The largest absolute Gasteiger partial charge is 0.465 e. The van der Waals surface area contributed by atoms with Crippen LogP contribution in [0, 0.1) is 28.6 Å². The van der Waals surface area contributed by atoms with Gasteiger partial charge in [-0.3, -0.25) is 14.4 Å². The number of aliphatic hydroxyl groups is 1. The molecule has 202 valence electrons. The molecule has 10 heteroatoms. The zero-order chi connectivity index (χ0) is 26.0. The van der Waals surface area contributed by atoms with Crippen LogP contribution in [-0.4, -0.2) is 72.7 Å². The monoisotopic (exact) mass is 510 g/mol. The van der Waals surface area contributed by atoms with Crippen LogP contribution in [0.1, 0.15) is 66.7 Å². The highest BCUT2D eigenvalue weighted by atomic mass is 16.7. The molecule has 0 aromatic carbocycles. The van der Waals surface area contributed by atoms with E-state index in [1.54, 1.807) is 0 Å². The number of esters is 3. The summed E-state index contributed by atoms with van der Waals surface area (Å²) in [5, 5.41) is 9.94. The number of carbonyl (C=O) groups excluding carboxylic acids is 3. The third kappa shape index (κ3) is 3.78. The van der Waals surface area contributed by atoms with Crippen LogP contribution < -0.4 is 0 Å². The maximum Gasteiger partial charge on any atom is 0.303 e. The second-order valence-electron chi connectivity index (χ2n) is 11.6. The zero-order valence-electron chi connectivity index (χ0n) is 21.7. The number of aliphatic hydroxyl groups excluding tert-OH is 1. The molecule has 3 aliphatic heterocycles. The molecule has 11 atom stereocenters. The van der Waals surface area contributed by atoms with E-state index < -0.39 is 59.1 Å². The normalized spacial score (nSPS) is 49.2. The molecule has 36 heavy (non-hydrogen) atoms. The van der Waals surface area contributed by atoms with Crippen molar-refractivity contribution in [2.75, 3.05) is 13.2 Å². The number of hydrogen-bond donors (Lipinski definition) is 1. The molecule has 3 heterocycles. The van der Waals surface area contributed by atoms with Crippen molar-refractivity contribution >= 4 is 17.9 Å². The van der Waals surface area contributed by atoms with Gasteiger partial charge in [-0.15, -0.1) is 0 Å². The van der Waals surface area contributed by atoms with Crippen molar-refractivity contribution in [3.05, 3.63) is 0 Å². The fourth-order valence-electron chi connectivity index (χ4n) is 8.15. The first kappa shape index (κ1) is 25.9. The van der Waals surface area contributed by atoms with Crippen molar-refractivity contribution in [1.82, 2.24) is 0 Å². The van der Waals surface area contributed by atoms with Crippen LogP contribution in [0.3, 0.4) is 0 Å². The molecule has 0 amide bonds. The van der Waals surface area contributed by atoms with Crippen LogP contribution in [-0.2, 0) is 42.8 Å². The van der Waals surface area contributed by atoms with Crippen LogP contribution in [0.4, 0.5) is 0 Å². The maximum atomic E-state index is 12.3. The summed E-state index contributed by atoms with van der Waals surface area (Å²) in [6.07, 6.45) is 0.456. The SMILES string of the molecule is CC(=O)OC[C@@]12C(CC[C@H](OC(C)=O)[C@]13CO3)[C@@](C)(C1CC3CC(O)OC3O1)[C@H](C)C[C@@H]2OC(C)=O. The summed E-state index contributed by atoms with van der Waals surface area (Å²) in [5.74, 6) is -1.20. The molecule has 3 saturated heterocycles. The van der Waals surface area contributed by atoms with E-state index in [0.717, 1.165) is 6.42 Å². The fraction of sp³-hybridized carbons (Fsp3) is 0.885. The van der Waals surface area contributed by atoms with Crippen LogP contribution in [0.25, 0.3) is 0 Å². The van der Waals surface area contributed by atoms with Gasteiger partial charge in [0.2, 0.25) is 0 Å². The highest BCUT2D eigenvalue weighted by Gasteiger charge is 2.80. The Hall–Kier alpha value is -1.75. The standard InChI is InChI=1S/C26H38O10/c1-13-8-21(34-16(4)29)25(11-31-14(2)27)18(6-7-19(33-15(3)28)26(25)12-32-26)24(13,5)20-9-17-10-22(30)36-23(17)35-20/h13,17-23,30H,6-12H2,1-5H3/t13-,17?,18?,19+,20?,21+,22?,23?,24+,25+,26-/m1/s1. The summed E-state index contributed by atoms with van der Waals surface area (Å²) >= 11 is 0. The molecule has 5 unspecified atom stereocenters. The lowest BCUT2D eigenvalue weighted by atomic mass is 9.42. The van der Waals surface area contributed by atoms with E-state index in [9.17, 15) is 19.5 Å². The molecule has 1 spiro atoms. The van der Waals surface area contributed by atoms with Gasteiger partial charge < -0.3 is 33.5 Å². The average molecular weight is 511 g/mol.